The number of pyridine rings is 1. The first-order valence-electron chi connectivity index (χ1n) is 9.01. The lowest BCUT2D eigenvalue weighted by atomic mass is 10.2. The highest BCUT2D eigenvalue weighted by Gasteiger charge is 2.13. The lowest BCUT2D eigenvalue weighted by molar-refractivity contribution is -0.116. The van der Waals surface area contributed by atoms with Gasteiger partial charge in [-0.15, -0.1) is 0 Å². The Kier molecular flexibility index (Phi) is 6.94. The molecular weight excluding hydrogens is 390 g/mol. The van der Waals surface area contributed by atoms with Crippen LogP contribution in [0.1, 0.15) is 17.0 Å². The number of carbonyl (C=O) groups excluding carboxylic acids is 1. The molecule has 1 aromatic carbocycles. The van der Waals surface area contributed by atoms with Gasteiger partial charge < -0.3 is 9.73 Å². The molecule has 0 unspecified atom stereocenters. The second-order valence-corrected chi connectivity index (χ2v) is 7.94. The van der Waals surface area contributed by atoms with Crippen LogP contribution in [0.3, 0.4) is 0 Å². The number of amides is 1. The van der Waals surface area contributed by atoms with Gasteiger partial charge in [-0.25, -0.2) is 13.1 Å². The van der Waals surface area contributed by atoms with Crippen molar-refractivity contribution in [2.45, 2.75) is 17.9 Å². The van der Waals surface area contributed by atoms with Crippen LogP contribution in [0.4, 0.5) is 0 Å². The Morgan fingerprint density at radius 2 is 1.90 bits per heavy atom. The van der Waals surface area contributed by atoms with E-state index in [1.54, 1.807) is 36.5 Å². The van der Waals surface area contributed by atoms with E-state index in [0.717, 1.165) is 11.3 Å². The Morgan fingerprint density at radius 3 is 2.59 bits per heavy atom. The smallest absolute Gasteiger partial charge is 0.244 e. The maximum absolute atomic E-state index is 12.3. The van der Waals surface area contributed by atoms with Gasteiger partial charge in [-0.1, -0.05) is 18.2 Å². The molecule has 0 aliphatic heterocycles. The highest BCUT2D eigenvalue weighted by atomic mass is 32.2. The third-order valence-electron chi connectivity index (χ3n) is 4.04. The van der Waals surface area contributed by atoms with Crippen molar-refractivity contribution in [2.75, 3.05) is 6.54 Å². The summed E-state index contributed by atoms with van der Waals surface area (Å²) < 4.78 is 32.2. The average Bonchev–Trinajstić information content (AvgIpc) is 3.26. The van der Waals surface area contributed by atoms with Crippen molar-refractivity contribution in [3.05, 3.63) is 90.2 Å². The number of sulfonamides is 1. The first kappa shape index (κ1) is 20.5. The van der Waals surface area contributed by atoms with Gasteiger partial charge in [0.2, 0.25) is 15.9 Å². The second kappa shape index (κ2) is 9.81. The number of hydrogen-bond donors (Lipinski definition) is 2. The molecule has 2 heterocycles. The van der Waals surface area contributed by atoms with Crippen LogP contribution in [-0.2, 0) is 27.8 Å². The summed E-state index contributed by atoms with van der Waals surface area (Å²) in [4.78, 5) is 16.2. The van der Waals surface area contributed by atoms with Crippen molar-refractivity contribution in [2.24, 2.45) is 0 Å². The highest BCUT2D eigenvalue weighted by molar-refractivity contribution is 7.89. The summed E-state index contributed by atoms with van der Waals surface area (Å²) in [5.41, 5.74) is 1.63. The quantitative estimate of drug-likeness (QED) is 0.527. The lowest BCUT2D eigenvalue weighted by Gasteiger charge is -2.05. The van der Waals surface area contributed by atoms with Crippen molar-refractivity contribution >= 4 is 22.0 Å². The van der Waals surface area contributed by atoms with E-state index in [9.17, 15) is 13.2 Å². The molecule has 2 aromatic heterocycles. The highest BCUT2D eigenvalue weighted by Crippen LogP contribution is 2.12. The molecule has 0 radical (unpaired) electrons. The number of hydrogen-bond acceptors (Lipinski definition) is 5. The average molecular weight is 411 g/mol. The second-order valence-electron chi connectivity index (χ2n) is 6.17. The Hall–Kier alpha value is -3.23. The molecule has 8 heteroatoms. The molecule has 7 nitrogen and oxygen atoms in total. The third-order valence-corrected chi connectivity index (χ3v) is 5.46. The molecule has 0 aliphatic rings. The van der Waals surface area contributed by atoms with Crippen LogP contribution in [0.25, 0.3) is 6.08 Å². The van der Waals surface area contributed by atoms with Crippen LogP contribution in [0.5, 0.6) is 0 Å². The number of nitrogens with zero attached hydrogens (tertiary/aromatic N) is 1. The molecule has 150 valence electrons. The number of benzene rings is 1. The van der Waals surface area contributed by atoms with Crippen LogP contribution < -0.4 is 10.0 Å². The van der Waals surface area contributed by atoms with Gasteiger partial charge in [-0.2, -0.15) is 0 Å². The molecule has 3 rings (SSSR count). The molecule has 0 fully saturated rings. The van der Waals surface area contributed by atoms with Crippen molar-refractivity contribution in [3.63, 3.8) is 0 Å². The standard InChI is InChI=1S/C21H21N3O4S/c25-21(23-14-12-18-4-1-2-13-22-18)11-8-17-6-9-20(10-7-17)29(26,27)24-16-19-5-3-15-28-19/h1-11,13,15,24H,12,14,16H2,(H,23,25)/b11-8+. The fourth-order valence-corrected chi connectivity index (χ4v) is 3.50. The Labute approximate surface area is 169 Å². The van der Waals surface area contributed by atoms with E-state index in [-0.39, 0.29) is 17.3 Å². The Bertz CT molecular complexity index is 1050. The first-order valence-corrected chi connectivity index (χ1v) is 10.5. The Morgan fingerprint density at radius 1 is 1.07 bits per heavy atom. The fraction of sp³-hybridized carbons (Fsp3) is 0.143. The van der Waals surface area contributed by atoms with Crippen LogP contribution in [0, 0.1) is 0 Å². The first-order chi connectivity index (χ1) is 14.0. The summed E-state index contributed by atoms with van der Waals surface area (Å²) in [5.74, 6) is 0.305. The lowest BCUT2D eigenvalue weighted by Crippen LogP contribution is -2.23. The zero-order valence-corrected chi connectivity index (χ0v) is 16.4. The summed E-state index contributed by atoms with van der Waals surface area (Å²) in [6.45, 7) is 0.564. The number of aromatic nitrogens is 1. The molecule has 2 N–H and O–H groups in total. The molecular formula is C21H21N3O4S. The van der Waals surface area contributed by atoms with Gasteiger partial charge in [0, 0.05) is 30.9 Å². The summed E-state index contributed by atoms with van der Waals surface area (Å²) in [6, 6.07) is 15.3. The fourth-order valence-electron chi connectivity index (χ4n) is 2.51. The minimum absolute atomic E-state index is 0.0790. The zero-order valence-electron chi connectivity index (χ0n) is 15.6. The molecule has 0 saturated heterocycles. The van der Waals surface area contributed by atoms with Crippen molar-refractivity contribution in [1.82, 2.24) is 15.0 Å². The van der Waals surface area contributed by atoms with Gasteiger partial charge >= 0.3 is 0 Å². The van der Waals surface area contributed by atoms with Crippen molar-refractivity contribution < 1.29 is 17.6 Å². The predicted octanol–water partition coefficient (Wildman–Crippen LogP) is 2.53. The maximum atomic E-state index is 12.3. The molecule has 0 atom stereocenters. The molecule has 0 aliphatic carbocycles. The van der Waals surface area contributed by atoms with E-state index in [0.29, 0.717) is 18.7 Å². The van der Waals surface area contributed by atoms with Crippen molar-refractivity contribution in [3.8, 4) is 0 Å². The monoisotopic (exact) mass is 411 g/mol. The molecule has 29 heavy (non-hydrogen) atoms. The predicted molar refractivity (Wildman–Crippen MR) is 109 cm³/mol. The maximum Gasteiger partial charge on any atom is 0.244 e. The number of furan rings is 1. The number of nitrogens with one attached hydrogen (secondary N) is 2. The van der Waals surface area contributed by atoms with Gasteiger partial charge in [-0.05, 0) is 48.0 Å². The minimum atomic E-state index is -3.64. The van der Waals surface area contributed by atoms with Gasteiger partial charge in [0.25, 0.3) is 0 Å². The van der Waals surface area contributed by atoms with Gasteiger partial charge in [-0.3, -0.25) is 9.78 Å². The summed E-state index contributed by atoms with van der Waals surface area (Å²) in [7, 11) is -3.64. The molecule has 1 amide bonds. The van der Waals surface area contributed by atoms with E-state index < -0.39 is 10.0 Å². The SMILES string of the molecule is O=C(/C=C/c1ccc(S(=O)(=O)NCc2ccco2)cc1)NCCc1ccccn1. The normalized spacial score (nSPS) is 11.6. The van der Waals surface area contributed by atoms with Crippen LogP contribution in [-0.4, -0.2) is 25.9 Å². The van der Waals surface area contributed by atoms with Gasteiger partial charge in [0.15, 0.2) is 0 Å². The minimum Gasteiger partial charge on any atom is -0.468 e. The number of carbonyl (C=O) groups is 1. The summed E-state index contributed by atoms with van der Waals surface area (Å²) in [5, 5.41) is 2.79. The summed E-state index contributed by atoms with van der Waals surface area (Å²) in [6.07, 6.45) is 6.89. The summed E-state index contributed by atoms with van der Waals surface area (Å²) >= 11 is 0. The van der Waals surface area contributed by atoms with E-state index in [1.165, 1.54) is 24.5 Å². The molecule has 0 spiro atoms. The van der Waals surface area contributed by atoms with Crippen molar-refractivity contribution in [1.29, 1.82) is 0 Å². The van der Waals surface area contributed by atoms with E-state index in [1.807, 2.05) is 18.2 Å². The molecule has 0 bridgehead atoms. The third kappa shape index (κ3) is 6.41. The molecule has 3 aromatic rings. The van der Waals surface area contributed by atoms with E-state index >= 15 is 0 Å². The largest absolute Gasteiger partial charge is 0.468 e. The van der Waals surface area contributed by atoms with Crippen LogP contribution in [0.15, 0.2) is 82.4 Å². The van der Waals surface area contributed by atoms with Crippen LogP contribution in [0.2, 0.25) is 0 Å². The van der Waals surface area contributed by atoms with Crippen LogP contribution >= 0.6 is 0 Å². The number of rotatable bonds is 9. The molecule has 0 saturated carbocycles. The van der Waals surface area contributed by atoms with E-state index in [4.69, 9.17) is 4.42 Å². The van der Waals surface area contributed by atoms with Gasteiger partial charge in [0.05, 0.1) is 17.7 Å². The van der Waals surface area contributed by atoms with Gasteiger partial charge in [0.1, 0.15) is 5.76 Å². The van der Waals surface area contributed by atoms with E-state index in [2.05, 4.69) is 15.0 Å². The Balaban J connectivity index is 1.49. The zero-order chi connectivity index (χ0) is 20.5. The topological polar surface area (TPSA) is 101 Å².